The second-order valence-corrected chi connectivity index (χ2v) is 5.23. The van der Waals surface area contributed by atoms with E-state index in [2.05, 4.69) is 4.98 Å². The highest BCUT2D eigenvalue weighted by Gasteiger charge is 2.33. The molecule has 0 fully saturated rings. The van der Waals surface area contributed by atoms with Gasteiger partial charge in [0.05, 0.1) is 18.7 Å². The summed E-state index contributed by atoms with van der Waals surface area (Å²) in [5.41, 5.74) is 4.72. The van der Waals surface area contributed by atoms with Crippen molar-refractivity contribution in [3.05, 3.63) is 39.7 Å². The minimum Gasteiger partial charge on any atom is -0.467 e. The van der Waals surface area contributed by atoms with Gasteiger partial charge in [-0.25, -0.2) is 4.98 Å². The zero-order chi connectivity index (χ0) is 15.6. The number of hydrogen-bond acceptors (Lipinski definition) is 5. The first kappa shape index (κ1) is 18.5. The molecule has 2 aromatic heterocycles. The fourth-order valence-electron chi connectivity index (χ4n) is 1.61. The predicted octanol–water partition coefficient (Wildman–Crippen LogP) is 2.91. The Balaban J connectivity index is 0.00000242. The van der Waals surface area contributed by atoms with Crippen LogP contribution in [-0.2, 0) is 19.3 Å². The van der Waals surface area contributed by atoms with Crippen LogP contribution in [0.3, 0.4) is 0 Å². The van der Waals surface area contributed by atoms with Crippen molar-refractivity contribution in [1.29, 1.82) is 0 Å². The first-order valence-electron chi connectivity index (χ1n) is 5.86. The summed E-state index contributed by atoms with van der Waals surface area (Å²) in [6.07, 6.45) is -3.21. The van der Waals surface area contributed by atoms with Gasteiger partial charge >= 0.3 is 6.18 Å². The van der Waals surface area contributed by atoms with Crippen LogP contribution in [-0.4, -0.2) is 22.8 Å². The molecule has 0 bridgehead atoms. The van der Waals surface area contributed by atoms with Gasteiger partial charge in [-0.15, -0.1) is 23.7 Å². The van der Waals surface area contributed by atoms with Crippen molar-refractivity contribution in [3.8, 4) is 0 Å². The van der Waals surface area contributed by atoms with Crippen molar-refractivity contribution in [1.82, 2.24) is 9.88 Å². The topological polar surface area (TPSA) is 72.4 Å². The lowest BCUT2D eigenvalue weighted by atomic mass is 10.2. The number of nitrogens with zero attached hydrogens (tertiary/aromatic N) is 2. The fraction of sp³-hybridized carbons (Fsp3) is 0.333. The molecule has 1 amide bonds. The molecule has 0 saturated heterocycles. The molecule has 2 N–H and O–H groups in total. The third-order valence-corrected chi connectivity index (χ3v) is 3.50. The summed E-state index contributed by atoms with van der Waals surface area (Å²) >= 11 is 0.859. The Morgan fingerprint density at radius 2 is 2.18 bits per heavy atom. The number of carbonyl (C=O) groups excluding carboxylic acids is 1. The molecule has 10 heteroatoms. The van der Waals surface area contributed by atoms with Gasteiger partial charge < -0.3 is 15.1 Å². The van der Waals surface area contributed by atoms with E-state index in [1.165, 1.54) is 24.3 Å². The molecule has 22 heavy (non-hydrogen) atoms. The SMILES string of the molecule is CN(Cc1nc(C(F)(F)F)cs1)C(=O)c1coc(CN)c1.Cl. The second kappa shape index (κ2) is 7.12. The standard InChI is InChI=1S/C12H12F3N3O2S.ClH/c1-18(11(19)7-2-8(3-16)20-5-7)4-10-17-9(6-21-10)12(13,14)15;/h2,5-6H,3-4,16H2,1H3;1H. The first-order valence-corrected chi connectivity index (χ1v) is 6.73. The fourth-order valence-corrected chi connectivity index (χ4v) is 2.46. The molecule has 0 saturated carbocycles. The Morgan fingerprint density at radius 3 is 2.68 bits per heavy atom. The van der Waals surface area contributed by atoms with Gasteiger partial charge in [-0.1, -0.05) is 0 Å². The highest BCUT2D eigenvalue weighted by molar-refractivity contribution is 7.09. The molecular weight excluding hydrogens is 343 g/mol. The maximum atomic E-state index is 12.4. The quantitative estimate of drug-likeness (QED) is 0.915. The van der Waals surface area contributed by atoms with Gasteiger partial charge in [0.1, 0.15) is 17.0 Å². The van der Waals surface area contributed by atoms with Crippen LogP contribution >= 0.6 is 23.7 Å². The number of halogens is 4. The van der Waals surface area contributed by atoms with Crippen LogP contribution < -0.4 is 5.73 Å². The van der Waals surface area contributed by atoms with Gasteiger partial charge in [-0.05, 0) is 6.07 Å². The summed E-state index contributed by atoms with van der Waals surface area (Å²) in [5, 5.41) is 1.14. The molecule has 0 aliphatic heterocycles. The van der Waals surface area contributed by atoms with Gasteiger partial charge in [0.15, 0.2) is 5.69 Å². The van der Waals surface area contributed by atoms with Gasteiger partial charge in [0.25, 0.3) is 5.91 Å². The monoisotopic (exact) mass is 355 g/mol. The predicted molar refractivity (Wildman–Crippen MR) is 76.8 cm³/mol. The van der Waals surface area contributed by atoms with Crippen molar-refractivity contribution in [2.45, 2.75) is 19.3 Å². The van der Waals surface area contributed by atoms with E-state index in [1.807, 2.05) is 0 Å². The minimum atomic E-state index is -4.47. The molecule has 122 valence electrons. The van der Waals surface area contributed by atoms with Crippen LogP contribution in [0, 0.1) is 0 Å². The molecule has 0 unspecified atom stereocenters. The van der Waals surface area contributed by atoms with Crippen LogP contribution in [0.25, 0.3) is 0 Å². The molecular formula is C12H13ClF3N3O2S. The molecule has 0 aromatic carbocycles. The number of amides is 1. The normalized spacial score (nSPS) is 11.1. The van der Waals surface area contributed by atoms with E-state index in [0.717, 1.165) is 16.7 Å². The summed E-state index contributed by atoms with van der Waals surface area (Å²) in [4.78, 5) is 16.8. The van der Waals surface area contributed by atoms with Crippen LogP contribution in [0.1, 0.15) is 26.8 Å². The molecule has 2 aromatic rings. The minimum absolute atomic E-state index is 0. The Kier molecular flexibility index (Phi) is 5.98. The number of furan rings is 1. The van der Waals surface area contributed by atoms with Crippen molar-refractivity contribution in [3.63, 3.8) is 0 Å². The number of thiazole rings is 1. The lowest BCUT2D eigenvalue weighted by Gasteiger charge is -2.14. The van der Waals surface area contributed by atoms with Crippen LogP contribution in [0.4, 0.5) is 13.2 Å². The number of nitrogens with two attached hydrogens (primary N) is 1. The van der Waals surface area contributed by atoms with Crippen molar-refractivity contribution < 1.29 is 22.4 Å². The largest absolute Gasteiger partial charge is 0.467 e. The van der Waals surface area contributed by atoms with Crippen molar-refractivity contribution in [2.75, 3.05) is 7.05 Å². The van der Waals surface area contributed by atoms with Gasteiger partial charge in [-0.3, -0.25) is 4.79 Å². The lowest BCUT2D eigenvalue weighted by Crippen LogP contribution is -2.25. The molecule has 0 atom stereocenters. The number of alkyl halides is 3. The Morgan fingerprint density at radius 1 is 1.50 bits per heavy atom. The smallest absolute Gasteiger partial charge is 0.434 e. The van der Waals surface area contributed by atoms with E-state index in [-0.39, 0.29) is 36.4 Å². The van der Waals surface area contributed by atoms with Gasteiger partial charge in [-0.2, -0.15) is 13.2 Å². The molecule has 0 spiro atoms. The summed E-state index contributed by atoms with van der Waals surface area (Å²) in [6, 6.07) is 1.50. The zero-order valence-electron chi connectivity index (χ0n) is 11.4. The average Bonchev–Trinajstić information content (AvgIpc) is 3.05. The van der Waals surface area contributed by atoms with E-state index in [1.54, 1.807) is 0 Å². The summed E-state index contributed by atoms with van der Waals surface area (Å²) in [5.74, 6) is 0.0857. The van der Waals surface area contributed by atoms with Crippen LogP contribution in [0.15, 0.2) is 22.1 Å². The lowest BCUT2D eigenvalue weighted by molar-refractivity contribution is -0.140. The van der Waals surface area contributed by atoms with E-state index in [4.69, 9.17) is 10.2 Å². The first-order chi connectivity index (χ1) is 9.81. The van der Waals surface area contributed by atoms with Gasteiger partial charge in [0, 0.05) is 12.4 Å². The van der Waals surface area contributed by atoms with E-state index >= 15 is 0 Å². The molecule has 0 aliphatic rings. The number of aromatic nitrogens is 1. The van der Waals surface area contributed by atoms with Crippen molar-refractivity contribution >= 4 is 29.7 Å². The highest BCUT2D eigenvalue weighted by atomic mass is 35.5. The summed E-state index contributed by atoms with van der Waals surface area (Å²) in [6.45, 7) is 0.154. The van der Waals surface area contributed by atoms with E-state index in [9.17, 15) is 18.0 Å². The molecule has 2 heterocycles. The maximum absolute atomic E-state index is 12.4. The number of hydrogen-bond donors (Lipinski definition) is 1. The Bertz CT molecular complexity index is 642. The Hall–Kier alpha value is -1.58. The summed E-state index contributed by atoms with van der Waals surface area (Å²) < 4.78 is 42.4. The van der Waals surface area contributed by atoms with Crippen LogP contribution in [0.5, 0.6) is 0 Å². The molecule has 0 radical (unpaired) electrons. The average molecular weight is 356 g/mol. The third kappa shape index (κ3) is 4.21. The summed E-state index contributed by atoms with van der Waals surface area (Å²) in [7, 11) is 1.48. The number of rotatable bonds is 4. The van der Waals surface area contributed by atoms with Crippen molar-refractivity contribution in [2.24, 2.45) is 5.73 Å². The Labute approximate surface area is 134 Å². The van der Waals surface area contributed by atoms with E-state index < -0.39 is 11.9 Å². The number of carbonyl (C=O) groups is 1. The second-order valence-electron chi connectivity index (χ2n) is 4.29. The van der Waals surface area contributed by atoms with E-state index in [0.29, 0.717) is 11.3 Å². The zero-order valence-corrected chi connectivity index (χ0v) is 13.0. The molecule has 2 rings (SSSR count). The van der Waals surface area contributed by atoms with Crippen LogP contribution in [0.2, 0.25) is 0 Å². The maximum Gasteiger partial charge on any atom is 0.434 e. The highest BCUT2D eigenvalue weighted by Crippen LogP contribution is 2.30. The van der Waals surface area contributed by atoms with Gasteiger partial charge in [0.2, 0.25) is 0 Å². The third-order valence-electron chi connectivity index (χ3n) is 2.66. The molecule has 5 nitrogen and oxygen atoms in total. The molecule has 0 aliphatic carbocycles.